The van der Waals surface area contributed by atoms with Crippen LogP contribution in [0.1, 0.15) is 40.0 Å². The molecule has 15 heavy (non-hydrogen) atoms. The van der Waals surface area contributed by atoms with E-state index in [2.05, 4.69) is 32.2 Å². The first kappa shape index (κ1) is 12.0. The van der Waals surface area contributed by atoms with Crippen LogP contribution in [0.3, 0.4) is 0 Å². The van der Waals surface area contributed by atoms with Gasteiger partial charge in [0.1, 0.15) is 0 Å². The maximum absolute atomic E-state index is 11.7. The minimum Gasteiger partial charge on any atom is -0.356 e. The maximum Gasteiger partial charge on any atom is 0.227 e. The van der Waals surface area contributed by atoms with Gasteiger partial charge in [-0.1, -0.05) is 31.6 Å². The Kier molecular flexibility index (Phi) is 4.60. The Hall–Kier alpha value is -1.05. The Morgan fingerprint density at radius 3 is 2.80 bits per heavy atom. The molecule has 1 amide bonds. The smallest absolute Gasteiger partial charge is 0.227 e. The largest absolute Gasteiger partial charge is 0.356 e. The highest BCUT2D eigenvalue weighted by Crippen LogP contribution is 2.25. The quantitative estimate of drug-likeness (QED) is 0.754. The second-order valence-corrected chi connectivity index (χ2v) is 4.12. The second kappa shape index (κ2) is 5.74. The van der Waals surface area contributed by atoms with E-state index < -0.39 is 0 Å². The van der Waals surface area contributed by atoms with Crippen LogP contribution < -0.4 is 5.32 Å². The van der Waals surface area contributed by atoms with Crippen molar-refractivity contribution in [2.75, 3.05) is 6.54 Å². The molecule has 0 fully saturated rings. The topological polar surface area (TPSA) is 29.1 Å². The Bertz CT molecular complexity index is 289. The van der Waals surface area contributed by atoms with E-state index in [0.717, 1.165) is 25.8 Å². The molecule has 1 rings (SSSR count). The lowest BCUT2D eigenvalue weighted by molar-refractivity contribution is -0.123. The first-order chi connectivity index (χ1) is 7.19. The summed E-state index contributed by atoms with van der Waals surface area (Å²) in [6.45, 7) is 7.13. The summed E-state index contributed by atoms with van der Waals surface area (Å²) >= 11 is 0. The highest BCUT2D eigenvalue weighted by molar-refractivity contribution is 5.81. The van der Waals surface area contributed by atoms with Crippen LogP contribution >= 0.6 is 0 Å². The molecule has 84 valence electrons. The molecule has 2 heteroatoms. The average Bonchev–Trinajstić information content (AvgIpc) is 2.25. The van der Waals surface area contributed by atoms with Crippen molar-refractivity contribution in [3.05, 3.63) is 23.3 Å². The van der Waals surface area contributed by atoms with Gasteiger partial charge in [-0.05, 0) is 31.8 Å². The molecule has 0 spiro atoms. The van der Waals surface area contributed by atoms with Crippen molar-refractivity contribution in [3.8, 4) is 0 Å². The Morgan fingerprint density at radius 1 is 1.53 bits per heavy atom. The summed E-state index contributed by atoms with van der Waals surface area (Å²) in [6, 6.07) is 0. The zero-order valence-corrected chi connectivity index (χ0v) is 9.97. The standard InChI is InChI=1S/C13H21NO/c1-4-8-14-13(15)12-7-6-11(5-2)10(3)9-12/h6-7,12H,4-5,8-9H2,1-3H3,(H,14,15). The molecular formula is C13H21NO. The third kappa shape index (κ3) is 3.22. The van der Waals surface area contributed by atoms with Gasteiger partial charge in [0.05, 0.1) is 5.92 Å². The van der Waals surface area contributed by atoms with Gasteiger partial charge in [0.15, 0.2) is 0 Å². The van der Waals surface area contributed by atoms with E-state index in [1.807, 2.05) is 6.08 Å². The highest BCUT2D eigenvalue weighted by atomic mass is 16.1. The number of hydrogen-bond donors (Lipinski definition) is 1. The molecule has 0 aromatic carbocycles. The Balaban J connectivity index is 2.53. The molecule has 1 atom stereocenters. The lowest BCUT2D eigenvalue weighted by Gasteiger charge is -2.19. The van der Waals surface area contributed by atoms with Gasteiger partial charge in [0.2, 0.25) is 5.91 Å². The predicted molar refractivity (Wildman–Crippen MR) is 63.5 cm³/mol. The van der Waals surface area contributed by atoms with Crippen LogP contribution in [0.25, 0.3) is 0 Å². The van der Waals surface area contributed by atoms with E-state index in [1.54, 1.807) is 0 Å². The molecule has 1 aliphatic rings. The maximum atomic E-state index is 11.7. The number of amides is 1. The monoisotopic (exact) mass is 207 g/mol. The van der Waals surface area contributed by atoms with Gasteiger partial charge in [-0.15, -0.1) is 0 Å². The van der Waals surface area contributed by atoms with E-state index in [4.69, 9.17) is 0 Å². The van der Waals surface area contributed by atoms with E-state index in [9.17, 15) is 4.79 Å². The summed E-state index contributed by atoms with van der Waals surface area (Å²) < 4.78 is 0. The van der Waals surface area contributed by atoms with Crippen LogP contribution in [0.15, 0.2) is 23.3 Å². The molecular weight excluding hydrogens is 186 g/mol. The summed E-state index contributed by atoms with van der Waals surface area (Å²) in [5.74, 6) is 0.217. The third-order valence-electron chi connectivity index (χ3n) is 2.87. The van der Waals surface area contributed by atoms with Crippen LogP contribution in [0, 0.1) is 5.92 Å². The van der Waals surface area contributed by atoms with Gasteiger partial charge in [-0.3, -0.25) is 4.79 Å². The Morgan fingerprint density at radius 2 is 2.27 bits per heavy atom. The molecule has 0 aromatic heterocycles. The van der Waals surface area contributed by atoms with Crippen LogP contribution in [0.2, 0.25) is 0 Å². The number of carbonyl (C=O) groups excluding carboxylic acids is 1. The lowest BCUT2D eigenvalue weighted by Crippen LogP contribution is -2.31. The van der Waals surface area contributed by atoms with Crippen LogP contribution in [0.5, 0.6) is 0 Å². The summed E-state index contributed by atoms with van der Waals surface area (Å²) in [5.41, 5.74) is 2.74. The number of allylic oxidation sites excluding steroid dienone is 3. The zero-order chi connectivity index (χ0) is 11.3. The summed E-state index contributed by atoms with van der Waals surface area (Å²) in [6.07, 6.45) is 7.09. The van der Waals surface area contributed by atoms with Crippen LogP contribution in [-0.2, 0) is 4.79 Å². The number of hydrogen-bond acceptors (Lipinski definition) is 1. The fourth-order valence-electron chi connectivity index (χ4n) is 1.88. The van der Waals surface area contributed by atoms with Gasteiger partial charge >= 0.3 is 0 Å². The molecule has 0 radical (unpaired) electrons. The zero-order valence-electron chi connectivity index (χ0n) is 9.97. The SMILES string of the molecule is CCCNC(=O)C1C=CC(CC)=C(C)C1. The minimum absolute atomic E-state index is 0.0480. The first-order valence-corrected chi connectivity index (χ1v) is 5.83. The van der Waals surface area contributed by atoms with Gasteiger partial charge in [-0.25, -0.2) is 0 Å². The van der Waals surface area contributed by atoms with Crippen LogP contribution in [-0.4, -0.2) is 12.5 Å². The molecule has 0 bridgehead atoms. The van der Waals surface area contributed by atoms with Gasteiger partial charge in [-0.2, -0.15) is 0 Å². The molecule has 0 aliphatic heterocycles. The average molecular weight is 207 g/mol. The molecule has 0 aromatic rings. The van der Waals surface area contributed by atoms with Crippen molar-refractivity contribution in [3.63, 3.8) is 0 Å². The summed E-state index contributed by atoms with van der Waals surface area (Å²) in [4.78, 5) is 11.7. The molecule has 0 heterocycles. The molecule has 1 N–H and O–H groups in total. The number of nitrogens with one attached hydrogen (secondary N) is 1. The van der Waals surface area contributed by atoms with Gasteiger partial charge in [0, 0.05) is 6.54 Å². The summed E-state index contributed by atoms with van der Waals surface area (Å²) in [7, 11) is 0. The van der Waals surface area contributed by atoms with E-state index in [-0.39, 0.29) is 11.8 Å². The molecule has 2 nitrogen and oxygen atoms in total. The van der Waals surface area contributed by atoms with Crippen molar-refractivity contribution in [2.45, 2.75) is 40.0 Å². The molecule has 0 saturated carbocycles. The first-order valence-electron chi connectivity index (χ1n) is 5.83. The van der Waals surface area contributed by atoms with Crippen molar-refractivity contribution in [1.29, 1.82) is 0 Å². The minimum atomic E-state index is 0.0480. The third-order valence-corrected chi connectivity index (χ3v) is 2.87. The Labute approximate surface area is 92.4 Å². The van der Waals surface area contributed by atoms with Crippen molar-refractivity contribution in [2.24, 2.45) is 5.92 Å². The lowest BCUT2D eigenvalue weighted by atomic mass is 9.89. The predicted octanol–water partition coefficient (Wildman–Crippen LogP) is 2.82. The van der Waals surface area contributed by atoms with Crippen molar-refractivity contribution < 1.29 is 4.79 Å². The van der Waals surface area contributed by atoms with Crippen molar-refractivity contribution >= 4 is 5.91 Å². The van der Waals surface area contributed by atoms with Crippen molar-refractivity contribution in [1.82, 2.24) is 5.32 Å². The molecule has 0 saturated heterocycles. The normalized spacial score (nSPS) is 20.6. The molecule has 1 aliphatic carbocycles. The van der Waals surface area contributed by atoms with Crippen LogP contribution in [0.4, 0.5) is 0 Å². The fraction of sp³-hybridized carbons (Fsp3) is 0.615. The second-order valence-electron chi connectivity index (χ2n) is 4.12. The highest BCUT2D eigenvalue weighted by Gasteiger charge is 2.19. The summed E-state index contributed by atoms with van der Waals surface area (Å²) in [5, 5.41) is 2.94. The number of rotatable bonds is 4. The molecule has 1 unspecified atom stereocenters. The van der Waals surface area contributed by atoms with E-state index in [0.29, 0.717) is 0 Å². The van der Waals surface area contributed by atoms with E-state index >= 15 is 0 Å². The number of carbonyl (C=O) groups is 1. The van der Waals surface area contributed by atoms with E-state index in [1.165, 1.54) is 11.1 Å². The van der Waals surface area contributed by atoms with Gasteiger partial charge < -0.3 is 5.32 Å². The van der Waals surface area contributed by atoms with Gasteiger partial charge in [0.25, 0.3) is 0 Å². The fourth-order valence-corrected chi connectivity index (χ4v) is 1.88.